The number of anilines is 1. The lowest BCUT2D eigenvalue weighted by Gasteiger charge is -2.12. The Kier molecular flexibility index (Phi) is 6.68. The smallest absolute Gasteiger partial charge is 0.186 e. The van der Waals surface area contributed by atoms with Gasteiger partial charge in [-0.25, -0.2) is 0 Å². The number of fused-ring (bicyclic) bond motifs is 2. The molecule has 0 unspecified atom stereocenters. The number of hydrazone groups is 1. The number of hydrogen-bond donors (Lipinski definition) is 0. The molecule has 0 saturated heterocycles. The van der Waals surface area contributed by atoms with E-state index in [0.29, 0.717) is 5.56 Å². The normalized spacial score (nSPS) is 12.7. The molecule has 4 heteroatoms. The molecule has 0 bridgehead atoms. The minimum Gasteiger partial charge on any atom is -0.289 e. The predicted molar refractivity (Wildman–Crippen MR) is 159 cm³/mol. The van der Waals surface area contributed by atoms with Gasteiger partial charge in [-0.2, -0.15) is 5.10 Å². The topological polar surface area (TPSA) is 32.7 Å². The summed E-state index contributed by atoms with van der Waals surface area (Å²) >= 11 is 1.65. The van der Waals surface area contributed by atoms with Crippen LogP contribution in [0.1, 0.15) is 37.5 Å². The summed E-state index contributed by atoms with van der Waals surface area (Å²) < 4.78 is 1.15. The van der Waals surface area contributed by atoms with Crippen LogP contribution in [0.3, 0.4) is 0 Å². The maximum Gasteiger partial charge on any atom is 0.186 e. The van der Waals surface area contributed by atoms with Crippen molar-refractivity contribution in [2.75, 3.05) is 11.6 Å². The van der Waals surface area contributed by atoms with E-state index in [1.807, 2.05) is 83.9 Å². The molecule has 4 aromatic carbocycles. The summed E-state index contributed by atoms with van der Waals surface area (Å²) in [4.78, 5) is 14.3. The summed E-state index contributed by atoms with van der Waals surface area (Å²) in [6.45, 7) is 0.837. The first-order valence-electron chi connectivity index (χ1n) is 12.6. The van der Waals surface area contributed by atoms with Crippen molar-refractivity contribution >= 4 is 45.2 Å². The molecule has 0 fully saturated rings. The van der Waals surface area contributed by atoms with Gasteiger partial charge in [0.15, 0.2) is 5.78 Å². The van der Waals surface area contributed by atoms with Gasteiger partial charge in [-0.3, -0.25) is 9.80 Å². The average molecular weight is 509 g/mol. The summed E-state index contributed by atoms with van der Waals surface area (Å²) in [7, 11) is 0. The van der Waals surface area contributed by atoms with Crippen LogP contribution in [0, 0.1) is 11.8 Å². The van der Waals surface area contributed by atoms with E-state index in [9.17, 15) is 4.79 Å². The Morgan fingerprint density at radius 1 is 0.842 bits per heavy atom. The molecule has 182 valence electrons. The van der Waals surface area contributed by atoms with Crippen molar-refractivity contribution in [1.29, 1.82) is 0 Å². The van der Waals surface area contributed by atoms with Crippen LogP contribution in [0.15, 0.2) is 114 Å². The molecular formula is C34H24N2OS. The van der Waals surface area contributed by atoms with Crippen LogP contribution < -0.4 is 5.01 Å². The number of ketones is 1. The van der Waals surface area contributed by atoms with Crippen LogP contribution >= 0.6 is 11.3 Å². The largest absolute Gasteiger partial charge is 0.289 e. The second kappa shape index (κ2) is 10.7. The number of allylic oxidation sites excluding steroid dienone is 1. The monoisotopic (exact) mass is 508 g/mol. The molecule has 0 aliphatic carbocycles. The molecule has 38 heavy (non-hydrogen) atoms. The van der Waals surface area contributed by atoms with Gasteiger partial charge < -0.3 is 0 Å². The molecule has 0 spiro atoms. The first kappa shape index (κ1) is 23.7. The van der Waals surface area contributed by atoms with Crippen molar-refractivity contribution in [3.63, 3.8) is 0 Å². The molecule has 1 aromatic heterocycles. The van der Waals surface area contributed by atoms with Crippen molar-refractivity contribution in [3.05, 3.63) is 142 Å². The Morgan fingerprint density at radius 2 is 1.61 bits per heavy atom. The van der Waals surface area contributed by atoms with Crippen LogP contribution in [0.5, 0.6) is 0 Å². The van der Waals surface area contributed by atoms with Gasteiger partial charge in [-0.1, -0.05) is 90.7 Å². The minimum atomic E-state index is -0.0638. The van der Waals surface area contributed by atoms with Crippen molar-refractivity contribution in [2.24, 2.45) is 5.10 Å². The molecule has 1 aliphatic heterocycles. The van der Waals surface area contributed by atoms with Crippen LogP contribution in [0.4, 0.5) is 5.69 Å². The second-order valence-electron chi connectivity index (χ2n) is 8.99. The second-order valence-corrected chi connectivity index (χ2v) is 10.0. The number of benzene rings is 4. The fourth-order valence-corrected chi connectivity index (χ4v) is 5.67. The average Bonchev–Trinajstić information content (AvgIpc) is 3.55. The van der Waals surface area contributed by atoms with Gasteiger partial charge in [-0.15, -0.1) is 11.3 Å². The minimum absolute atomic E-state index is 0.0638. The third-order valence-corrected chi connectivity index (χ3v) is 7.66. The highest BCUT2D eigenvalue weighted by atomic mass is 32.1. The molecule has 5 aromatic rings. The highest BCUT2D eigenvalue weighted by molar-refractivity contribution is 7.19. The quantitative estimate of drug-likeness (QED) is 0.106. The Morgan fingerprint density at radius 3 is 2.53 bits per heavy atom. The van der Waals surface area contributed by atoms with E-state index < -0.39 is 0 Å². The fourth-order valence-electron chi connectivity index (χ4n) is 4.63. The molecule has 0 amide bonds. The number of thiophene rings is 1. The maximum atomic E-state index is 13.4. The van der Waals surface area contributed by atoms with Gasteiger partial charge in [0.2, 0.25) is 0 Å². The summed E-state index contributed by atoms with van der Waals surface area (Å²) in [5.74, 6) is 6.53. The van der Waals surface area contributed by atoms with Gasteiger partial charge in [0.1, 0.15) is 0 Å². The lowest BCUT2D eigenvalue weighted by molar-refractivity contribution is 0.104. The van der Waals surface area contributed by atoms with Gasteiger partial charge in [0, 0.05) is 38.9 Å². The Balaban J connectivity index is 1.29. The number of carbonyl (C=O) groups is 1. The predicted octanol–water partition coefficient (Wildman–Crippen LogP) is 7.59. The number of para-hydroxylation sites is 1. The van der Waals surface area contributed by atoms with Crippen molar-refractivity contribution in [3.8, 4) is 11.8 Å². The Bertz CT molecular complexity index is 1750. The zero-order valence-electron chi connectivity index (χ0n) is 20.7. The summed E-state index contributed by atoms with van der Waals surface area (Å²) in [6.07, 6.45) is 6.32. The van der Waals surface area contributed by atoms with Crippen molar-refractivity contribution < 1.29 is 4.79 Å². The van der Waals surface area contributed by atoms with Crippen molar-refractivity contribution in [2.45, 2.75) is 6.42 Å². The van der Waals surface area contributed by atoms with E-state index in [4.69, 9.17) is 5.10 Å². The van der Waals surface area contributed by atoms with Crippen LogP contribution in [-0.4, -0.2) is 18.5 Å². The first-order chi connectivity index (χ1) is 18.8. The van der Waals surface area contributed by atoms with E-state index in [0.717, 1.165) is 50.3 Å². The van der Waals surface area contributed by atoms with Crippen LogP contribution in [-0.2, 0) is 6.42 Å². The fraction of sp³-hybridized carbons (Fsp3) is 0.0588. The lowest BCUT2D eigenvalue weighted by Crippen LogP contribution is -2.13. The van der Waals surface area contributed by atoms with Gasteiger partial charge in [-0.05, 0) is 48.4 Å². The van der Waals surface area contributed by atoms with E-state index in [1.54, 1.807) is 23.6 Å². The zero-order chi connectivity index (χ0) is 25.7. The van der Waals surface area contributed by atoms with Crippen LogP contribution in [0.2, 0.25) is 0 Å². The summed E-state index contributed by atoms with van der Waals surface area (Å²) in [6, 6.07) is 34.1. The van der Waals surface area contributed by atoms with E-state index in [2.05, 4.69) is 42.2 Å². The van der Waals surface area contributed by atoms with E-state index in [1.165, 1.54) is 5.56 Å². The zero-order valence-corrected chi connectivity index (χ0v) is 21.5. The van der Waals surface area contributed by atoms with Gasteiger partial charge >= 0.3 is 0 Å². The SMILES string of the molecule is O=C(/C=C/c1c(C#Cc2ccccc2)sc2ccccc12)c1ccccc1/C=N/N1CCc2ccccc21. The number of nitrogens with zero attached hydrogens (tertiary/aromatic N) is 2. The number of hydrogen-bond acceptors (Lipinski definition) is 4. The number of rotatable bonds is 5. The summed E-state index contributed by atoms with van der Waals surface area (Å²) in [5.41, 5.74) is 5.78. The maximum absolute atomic E-state index is 13.4. The Hall–Kier alpha value is -4.72. The van der Waals surface area contributed by atoms with Gasteiger partial charge in [0.05, 0.1) is 16.8 Å². The molecule has 0 saturated carbocycles. The standard InChI is InChI=1S/C34H24N2OS/c37-32(28-14-6-4-13-27(28)24-35-36-23-22-26-12-5-8-16-31(26)36)20-19-30-29-15-7-9-17-33(29)38-34(30)21-18-25-10-2-1-3-11-25/h1-17,19-20,24H,22-23H2/b20-19+,35-24+. The van der Waals surface area contributed by atoms with Crippen molar-refractivity contribution in [1.82, 2.24) is 0 Å². The highest BCUT2D eigenvalue weighted by Crippen LogP contribution is 2.32. The molecule has 6 rings (SSSR count). The van der Waals surface area contributed by atoms with E-state index >= 15 is 0 Å². The van der Waals surface area contributed by atoms with Gasteiger partial charge in [0.25, 0.3) is 0 Å². The lowest BCUT2D eigenvalue weighted by atomic mass is 10.0. The summed E-state index contributed by atoms with van der Waals surface area (Å²) in [5, 5.41) is 7.81. The number of carbonyl (C=O) groups excluding carboxylic acids is 1. The molecule has 1 aliphatic rings. The molecule has 0 radical (unpaired) electrons. The highest BCUT2D eigenvalue weighted by Gasteiger charge is 2.17. The molecule has 0 N–H and O–H groups in total. The first-order valence-corrected chi connectivity index (χ1v) is 13.4. The molecular weight excluding hydrogens is 484 g/mol. The third kappa shape index (κ3) is 4.93. The Labute approximate surface area is 226 Å². The third-order valence-electron chi connectivity index (χ3n) is 6.55. The van der Waals surface area contributed by atoms with Crippen LogP contribution in [0.25, 0.3) is 16.2 Å². The molecule has 3 nitrogen and oxygen atoms in total. The molecule has 0 atom stereocenters. The molecule has 2 heterocycles. The van der Waals surface area contributed by atoms with E-state index in [-0.39, 0.29) is 5.78 Å².